The molecule has 0 radical (unpaired) electrons. The average molecular weight is 309 g/mol. The lowest BCUT2D eigenvalue weighted by Crippen LogP contribution is -2.06. The van der Waals surface area contributed by atoms with E-state index in [0.29, 0.717) is 27.1 Å². The van der Waals surface area contributed by atoms with E-state index in [2.05, 4.69) is 4.98 Å². The Morgan fingerprint density at radius 1 is 1.45 bits per heavy atom. The van der Waals surface area contributed by atoms with Gasteiger partial charge in [0.2, 0.25) is 0 Å². The molecule has 2 rings (SSSR count). The predicted molar refractivity (Wildman–Crippen MR) is 81.0 cm³/mol. The van der Waals surface area contributed by atoms with Crippen LogP contribution >= 0.6 is 23.4 Å². The Hall–Kier alpha value is -1.72. The molecule has 0 fully saturated rings. The second-order valence-corrected chi connectivity index (χ2v) is 5.36. The molecule has 1 aromatic carbocycles. The average Bonchev–Trinajstić information content (AvgIpc) is 2.46. The lowest BCUT2D eigenvalue weighted by molar-refractivity contribution is 0.0596. The minimum Gasteiger partial charge on any atom is -0.465 e. The SMILES string of the molecule is COC(=O)c1cc(N)cnc1SCc1ccccc1Cl. The molecule has 0 amide bonds. The van der Waals surface area contributed by atoms with Gasteiger partial charge in [0.05, 0.1) is 24.6 Å². The van der Waals surface area contributed by atoms with E-state index in [-0.39, 0.29) is 0 Å². The van der Waals surface area contributed by atoms with Crippen LogP contribution in [0.3, 0.4) is 0 Å². The number of carbonyl (C=O) groups excluding carboxylic acids is 1. The van der Waals surface area contributed by atoms with E-state index in [1.165, 1.54) is 25.1 Å². The van der Waals surface area contributed by atoms with Gasteiger partial charge in [-0.3, -0.25) is 0 Å². The second kappa shape index (κ2) is 6.63. The van der Waals surface area contributed by atoms with E-state index in [4.69, 9.17) is 22.1 Å². The van der Waals surface area contributed by atoms with Crippen LogP contribution in [-0.2, 0) is 10.5 Å². The van der Waals surface area contributed by atoms with E-state index in [1.807, 2.05) is 24.3 Å². The van der Waals surface area contributed by atoms with Gasteiger partial charge in [-0.05, 0) is 17.7 Å². The lowest BCUT2D eigenvalue weighted by atomic mass is 10.2. The molecule has 1 aromatic heterocycles. The van der Waals surface area contributed by atoms with Gasteiger partial charge in [-0.15, -0.1) is 11.8 Å². The normalized spacial score (nSPS) is 10.3. The number of thioether (sulfide) groups is 1. The van der Waals surface area contributed by atoms with Gasteiger partial charge in [0, 0.05) is 10.8 Å². The third-order valence-corrected chi connectivity index (χ3v) is 4.02. The van der Waals surface area contributed by atoms with Crippen LogP contribution in [0.5, 0.6) is 0 Å². The summed E-state index contributed by atoms with van der Waals surface area (Å²) in [6.07, 6.45) is 1.52. The number of methoxy groups -OCH3 is 1. The molecule has 0 saturated heterocycles. The van der Waals surface area contributed by atoms with E-state index >= 15 is 0 Å². The molecule has 4 nitrogen and oxygen atoms in total. The quantitative estimate of drug-likeness (QED) is 0.692. The smallest absolute Gasteiger partial charge is 0.340 e. The molecule has 2 aromatic rings. The van der Waals surface area contributed by atoms with Crippen molar-refractivity contribution in [3.63, 3.8) is 0 Å². The number of ether oxygens (including phenoxy) is 1. The van der Waals surface area contributed by atoms with Gasteiger partial charge < -0.3 is 10.5 Å². The Balaban J connectivity index is 2.21. The minimum atomic E-state index is -0.452. The van der Waals surface area contributed by atoms with Crippen molar-refractivity contribution in [1.82, 2.24) is 4.98 Å². The molecule has 0 saturated carbocycles. The van der Waals surface area contributed by atoms with Gasteiger partial charge in [-0.1, -0.05) is 29.8 Å². The standard InChI is InChI=1S/C14H13ClN2O2S/c1-19-14(18)11-6-10(16)7-17-13(11)20-8-9-4-2-3-5-12(9)15/h2-7H,8,16H2,1H3. The number of anilines is 1. The van der Waals surface area contributed by atoms with Crippen LogP contribution in [0, 0.1) is 0 Å². The fourth-order valence-electron chi connectivity index (χ4n) is 1.60. The van der Waals surface area contributed by atoms with Crippen LogP contribution in [0.4, 0.5) is 5.69 Å². The Kier molecular flexibility index (Phi) is 4.87. The molecular weight excluding hydrogens is 296 g/mol. The van der Waals surface area contributed by atoms with Crippen molar-refractivity contribution < 1.29 is 9.53 Å². The summed E-state index contributed by atoms with van der Waals surface area (Å²) < 4.78 is 4.73. The fraction of sp³-hybridized carbons (Fsp3) is 0.143. The van der Waals surface area contributed by atoms with Crippen LogP contribution in [-0.4, -0.2) is 18.1 Å². The number of nitrogen functional groups attached to an aromatic ring is 1. The number of hydrogen-bond donors (Lipinski definition) is 1. The van der Waals surface area contributed by atoms with Crippen molar-refractivity contribution in [3.8, 4) is 0 Å². The molecule has 104 valence electrons. The lowest BCUT2D eigenvalue weighted by Gasteiger charge is -2.08. The van der Waals surface area contributed by atoms with Crippen LogP contribution in [0.1, 0.15) is 15.9 Å². The highest BCUT2D eigenvalue weighted by Crippen LogP contribution is 2.28. The number of halogens is 1. The molecular formula is C14H13ClN2O2S. The van der Waals surface area contributed by atoms with Gasteiger partial charge in [0.15, 0.2) is 0 Å². The number of aromatic nitrogens is 1. The molecule has 0 aliphatic carbocycles. The van der Waals surface area contributed by atoms with Crippen molar-refractivity contribution in [2.75, 3.05) is 12.8 Å². The second-order valence-electron chi connectivity index (χ2n) is 3.99. The Morgan fingerprint density at radius 3 is 2.90 bits per heavy atom. The highest BCUT2D eigenvalue weighted by Gasteiger charge is 2.14. The summed E-state index contributed by atoms with van der Waals surface area (Å²) >= 11 is 7.51. The van der Waals surface area contributed by atoms with Crippen LogP contribution < -0.4 is 5.73 Å². The summed E-state index contributed by atoms with van der Waals surface area (Å²) in [5.74, 6) is 0.159. The van der Waals surface area contributed by atoms with Crippen LogP contribution in [0.2, 0.25) is 5.02 Å². The molecule has 20 heavy (non-hydrogen) atoms. The number of nitrogens with zero attached hydrogens (tertiary/aromatic N) is 1. The van der Waals surface area contributed by atoms with Gasteiger partial charge in [-0.2, -0.15) is 0 Å². The van der Waals surface area contributed by atoms with Crippen molar-refractivity contribution in [2.45, 2.75) is 10.8 Å². The first-order valence-electron chi connectivity index (χ1n) is 5.82. The highest BCUT2D eigenvalue weighted by atomic mass is 35.5. The Labute approximate surface area is 126 Å². The first kappa shape index (κ1) is 14.7. The van der Waals surface area contributed by atoms with Crippen molar-refractivity contribution in [2.24, 2.45) is 0 Å². The van der Waals surface area contributed by atoms with Gasteiger partial charge >= 0.3 is 5.97 Å². The molecule has 0 atom stereocenters. The first-order valence-corrected chi connectivity index (χ1v) is 7.18. The molecule has 0 bridgehead atoms. The van der Waals surface area contributed by atoms with E-state index < -0.39 is 5.97 Å². The number of pyridine rings is 1. The number of carbonyl (C=O) groups is 1. The van der Waals surface area contributed by atoms with Gasteiger partial charge in [0.25, 0.3) is 0 Å². The summed E-state index contributed by atoms with van der Waals surface area (Å²) in [4.78, 5) is 15.9. The first-order chi connectivity index (χ1) is 9.61. The van der Waals surface area contributed by atoms with Crippen LogP contribution in [0.25, 0.3) is 0 Å². The summed E-state index contributed by atoms with van der Waals surface area (Å²) in [6, 6.07) is 9.12. The maximum absolute atomic E-state index is 11.7. The monoisotopic (exact) mass is 308 g/mol. The molecule has 0 spiro atoms. The van der Waals surface area contributed by atoms with E-state index in [9.17, 15) is 4.79 Å². The highest BCUT2D eigenvalue weighted by molar-refractivity contribution is 7.98. The maximum atomic E-state index is 11.7. The third-order valence-electron chi connectivity index (χ3n) is 2.60. The molecule has 1 heterocycles. The van der Waals surface area contributed by atoms with E-state index in [0.717, 1.165) is 5.56 Å². The Morgan fingerprint density at radius 2 is 2.20 bits per heavy atom. The largest absolute Gasteiger partial charge is 0.465 e. The number of rotatable bonds is 4. The molecule has 0 aliphatic rings. The summed E-state index contributed by atoms with van der Waals surface area (Å²) in [7, 11) is 1.33. The predicted octanol–water partition coefficient (Wildman–Crippen LogP) is 3.40. The number of benzene rings is 1. The summed E-state index contributed by atoms with van der Waals surface area (Å²) in [5.41, 5.74) is 7.42. The van der Waals surface area contributed by atoms with Gasteiger partial charge in [0.1, 0.15) is 5.03 Å². The third kappa shape index (κ3) is 3.43. The van der Waals surface area contributed by atoms with Crippen LogP contribution in [0.15, 0.2) is 41.6 Å². The summed E-state index contributed by atoms with van der Waals surface area (Å²) in [6.45, 7) is 0. The number of esters is 1. The zero-order valence-electron chi connectivity index (χ0n) is 10.8. The summed E-state index contributed by atoms with van der Waals surface area (Å²) in [5, 5.41) is 1.26. The number of hydrogen-bond acceptors (Lipinski definition) is 5. The minimum absolute atomic E-state index is 0.365. The van der Waals surface area contributed by atoms with Crippen molar-refractivity contribution in [1.29, 1.82) is 0 Å². The van der Waals surface area contributed by atoms with Crippen molar-refractivity contribution >= 4 is 35.0 Å². The zero-order chi connectivity index (χ0) is 14.5. The Bertz CT molecular complexity index is 634. The van der Waals surface area contributed by atoms with Crippen molar-refractivity contribution in [3.05, 3.63) is 52.7 Å². The number of nitrogens with two attached hydrogens (primary N) is 1. The fourth-order valence-corrected chi connectivity index (χ4v) is 2.85. The van der Waals surface area contributed by atoms with Gasteiger partial charge in [-0.25, -0.2) is 9.78 Å². The van der Waals surface area contributed by atoms with E-state index in [1.54, 1.807) is 6.07 Å². The molecule has 0 unspecified atom stereocenters. The topological polar surface area (TPSA) is 65.2 Å². The zero-order valence-corrected chi connectivity index (χ0v) is 12.4. The maximum Gasteiger partial charge on any atom is 0.340 e. The molecule has 6 heteroatoms. The molecule has 2 N–H and O–H groups in total. The molecule has 0 aliphatic heterocycles.